The molecule has 0 radical (unpaired) electrons. The van der Waals surface area contributed by atoms with Crippen molar-refractivity contribution in [2.45, 2.75) is 6.54 Å². The van der Waals surface area contributed by atoms with Gasteiger partial charge in [0.05, 0.1) is 15.8 Å². The molecule has 3 aromatic rings. The highest BCUT2D eigenvalue weighted by atomic mass is 32.1. The van der Waals surface area contributed by atoms with Gasteiger partial charge in [-0.15, -0.1) is 11.3 Å². The molecule has 6 heteroatoms. The molecule has 0 aliphatic heterocycles. The molecule has 0 saturated heterocycles. The molecule has 5 nitrogen and oxygen atoms in total. The molecule has 0 aliphatic carbocycles. The largest absolute Gasteiger partial charge is 0.478 e. The zero-order valence-corrected chi connectivity index (χ0v) is 11.9. The highest BCUT2D eigenvalue weighted by molar-refractivity contribution is 7.17. The Balaban J connectivity index is 2.35. The van der Waals surface area contributed by atoms with Crippen molar-refractivity contribution in [3.8, 4) is 11.1 Å². The Morgan fingerprint density at radius 3 is 2.90 bits per heavy atom. The van der Waals surface area contributed by atoms with E-state index < -0.39 is 5.97 Å². The number of nitrogens with two attached hydrogens (primary N) is 1. The Bertz CT molecular complexity index is 814. The monoisotopic (exact) mass is 299 g/mol. The second-order valence-corrected chi connectivity index (χ2v) is 5.44. The van der Waals surface area contributed by atoms with Crippen molar-refractivity contribution in [1.29, 1.82) is 0 Å². The minimum absolute atomic E-state index is 0.203. The van der Waals surface area contributed by atoms with Crippen LogP contribution in [0.2, 0.25) is 0 Å². The van der Waals surface area contributed by atoms with Crippen molar-refractivity contribution in [3.63, 3.8) is 0 Å². The SMILES string of the molecule is NNCc1ccccc1-c1c(C(=O)O)cnc2ccsc12. The number of carboxylic acid groups (broad SMARTS) is 1. The van der Waals surface area contributed by atoms with E-state index in [1.165, 1.54) is 17.5 Å². The number of hydrazine groups is 1. The number of pyridine rings is 1. The molecule has 0 spiro atoms. The van der Waals surface area contributed by atoms with E-state index in [2.05, 4.69) is 10.4 Å². The van der Waals surface area contributed by atoms with Gasteiger partial charge >= 0.3 is 5.97 Å². The van der Waals surface area contributed by atoms with Crippen LogP contribution in [0.4, 0.5) is 0 Å². The minimum atomic E-state index is -0.983. The van der Waals surface area contributed by atoms with Gasteiger partial charge in [0.1, 0.15) is 0 Å². The molecule has 3 rings (SSSR count). The Morgan fingerprint density at radius 1 is 1.33 bits per heavy atom. The van der Waals surface area contributed by atoms with Gasteiger partial charge in [-0.25, -0.2) is 4.79 Å². The van der Waals surface area contributed by atoms with Crippen molar-refractivity contribution in [3.05, 3.63) is 53.0 Å². The average molecular weight is 299 g/mol. The number of nitrogens with one attached hydrogen (secondary N) is 1. The lowest BCUT2D eigenvalue weighted by molar-refractivity contribution is 0.0697. The molecule has 106 valence electrons. The van der Waals surface area contributed by atoms with E-state index in [4.69, 9.17) is 5.84 Å². The number of nitrogens with zero attached hydrogens (tertiary/aromatic N) is 1. The van der Waals surface area contributed by atoms with E-state index in [0.29, 0.717) is 12.1 Å². The number of carbonyl (C=O) groups is 1. The fourth-order valence-corrected chi connectivity index (χ4v) is 3.28. The highest BCUT2D eigenvalue weighted by Crippen LogP contribution is 2.36. The second kappa shape index (κ2) is 5.61. The first kappa shape index (κ1) is 13.7. The van der Waals surface area contributed by atoms with Gasteiger partial charge in [-0.05, 0) is 22.6 Å². The quantitative estimate of drug-likeness (QED) is 0.509. The van der Waals surface area contributed by atoms with Gasteiger partial charge in [-0.2, -0.15) is 0 Å². The summed E-state index contributed by atoms with van der Waals surface area (Å²) in [6.45, 7) is 0.463. The van der Waals surface area contributed by atoms with Crippen molar-refractivity contribution in [2.24, 2.45) is 5.84 Å². The van der Waals surface area contributed by atoms with E-state index in [-0.39, 0.29) is 5.56 Å². The van der Waals surface area contributed by atoms with Gasteiger partial charge in [0.25, 0.3) is 0 Å². The Labute approximate surface area is 125 Å². The molecule has 21 heavy (non-hydrogen) atoms. The molecular weight excluding hydrogens is 286 g/mol. The molecule has 2 heterocycles. The molecule has 4 N–H and O–H groups in total. The van der Waals surface area contributed by atoms with E-state index in [0.717, 1.165) is 21.3 Å². The molecule has 0 saturated carbocycles. The summed E-state index contributed by atoms with van der Waals surface area (Å²) in [5.41, 5.74) is 6.14. The number of hydrogen-bond donors (Lipinski definition) is 3. The van der Waals surface area contributed by atoms with Gasteiger partial charge in [0, 0.05) is 18.3 Å². The smallest absolute Gasteiger partial charge is 0.337 e. The molecule has 2 aromatic heterocycles. The van der Waals surface area contributed by atoms with Crippen LogP contribution in [0.3, 0.4) is 0 Å². The van der Waals surface area contributed by atoms with Gasteiger partial charge in [0.15, 0.2) is 0 Å². The molecule has 0 amide bonds. The van der Waals surface area contributed by atoms with Crippen LogP contribution in [0.1, 0.15) is 15.9 Å². The van der Waals surface area contributed by atoms with Gasteiger partial charge in [-0.1, -0.05) is 24.3 Å². The zero-order valence-electron chi connectivity index (χ0n) is 11.0. The first-order valence-electron chi connectivity index (χ1n) is 6.33. The van der Waals surface area contributed by atoms with Crippen LogP contribution in [0.25, 0.3) is 21.3 Å². The van der Waals surface area contributed by atoms with Crippen LogP contribution in [-0.2, 0) is 6.54 Å². The summed E-state index contributed by atoms with van der Waals surface area (Å²) in [6.07, 6.45) is 1.42. The highest BCUT2D eigenvalue weighted by Gasteiger charge is 2.19. The third-order valence-electron chi connectivity index (χ3n) is 3.28. The van der Waals surface area contributed by atoms with Crippen molar-refractivity contribution in [1.82, 2.24) is 10.4 Å². The summed E-state index contributed by atoms with van der Waals surface area (Å²) in [7, 11) is 0. The fraction of sp³-hybridized carbons (Fsp3) is 0.0667. The number of rotatable bonds is 4. The molecular formula is C15H13N3O2S. The minimum Gasteiger partial charge on any atom is -0.478 e. The summed E-state index contributed by atoms with van der Waals surface area (Å²) in [6, 6.07) is 9.53. The predicted octanol–water partition coefficient (Wildman–Crippen LogP) is 2.62. The van der Waals surface area contributed by atoms with E-state index >= 15 is 0 Å². The topological polar surface area (TPSA) is 88.2 Å². The summed E-state index contributed by atoms with van der Waals surface area (Å²) >= 11 is 1.49. The second-order valence-electron chi connectivity index (χ2n) is 4.53. The molecule has 0 unspecified atom stereocenters. The number of benzene rings is 1. The summed E-state index contributed by atoms with van der Waals surface area (Å²) in [5.74, 6) is 4.44. The first-order chi connectivity index (χ1) is 10.2. The molecule has 1 aromatic carbocycles. The normalized spacial score (nSPS) is 10.9. The van der Waals surface area contributed by atoms with Crippen LogP contribution in [0.15, 0.2) is 41.9 Å². The summed E-state index contributed by atoms with van der Waals surface area (Å²) < 4.78 is 0.874. The molecule has 0 fully saturated rings. The molecule has 0 bridgehead atoms. The fourth-order valence-electron chi connectivity index (χ4n) is 2.37. The van der Waals surface area contributed by atoms with Crippen LogP contribution < -0.4 is 11.3 Å². The Morgan fingerprint density at radius 2 is 2.14 bits per heavy atom. The van der Waals surface area contributed by atoms with Crippen LogP contribution in [0, 0.1) is 0 Å². The first-order valence-corrected chi connectivity index (χ1v) is 7.21. The van der Waals surface area contributed by atoms with Crippen LogP contribution >= 0.6 is 11.3 Å². The maximum Gasteiger partial charge on any atom is 0.337 e. The third kappa shape index (κ3) is 2.40. The van der Waals surface area contributed by atoms with E-state index in [9.17, 15) is 9.90 Å². The van der Waals surface area contributed by atoms with Crippen molar-refractivity contribution >= 4 is 27.5 Å². The Hall–Kier alpha value is -2.28. The number of carboxylic acids is 1. The van der Waals surface area contributed by atoms with Gasteiger partial charge < -0.3 is 5.11 Å². The van der Waals surface area contributed by atoms with Crippen LogP contribution in [0.5, 0.6) is 0 Å². The summed E-state index contributed by atoms with van der Waals surface area (Å²) in [4.78, 5) is 15.8. The maximum atomic E-state index is 11.6. The number of aromatic carboxylic acids is 1. The average Bonchev–Trinajstić information content (AvgIpc) is 2.95. The number of thiophene rings is 1. The summed E-state index contributed by atoms with van der Waals surface area (Å²) in [5, 5.41) is 11.4. The van der Waals surface area contributed by atoms with Crippen molar-refractivity contribution < 1.29 is 9.90 Å². The maximum absolute atomic E-state index is 11.6. The number of aromatic nitrogens is 1. The number of hydrogen-bond acceptors (Lipinski definition) is 5. The zero-order chi connectivity index (χ0) is 14.8. The third-order valence-corrected chi connectivity index (χ3v) is 4.20. The number of fused-ring (bicyclic) bond motifs is 1. The van der Waals surface area contributed by atoms with E-state index in [1.807, 2.05) is 35.7 Å². The van der Waals surface area contributed by atoms with E-state index in [1.54, 1.807) is 0 Å². The van der Waals surface area contributed by atoms with Crippen molar-refractivity contribution in [2.75, 3.05) is 0 Å². The lowest BCUT2D eigenvalue weighted by atomic mass is 9.96. The van der Waals surface area contributed by atoms with Gasteiger partial charge in [-0.3, -0.25) is 16.3 Å². The molecule has 0 atom stereocenters. The molecule has 0 aliphatic rings. The standard InChI is InChI=1S/C15H13N3O2S/c16-18-7-9-3-1-2-4-10(9)13-11(15(19)20)8-17-12-5-6-21-14(12)13/h1-6,8,18H,7,16H2,(H,19,20). The predicted molar refractivity (Wildman–Crippen MR) is 83.0 cm³/mol. The van der Waals surface area contributed by atoms with Crippen LogP contribution in [-0.4, -0.2) is 16.1 Å². The Kier molecular flexibility index (Phi) is 3.66. The lowest BCUT2D eigenvalue weighted by Gasteiger charge is -2.12. The van der Waals surface area contributed by atoms with Gasteiger partial charge in [0.2, 0.25) is 0 Å². The lowest BCUT2D eigenvalue weighted by Crippen LogP contribution is -2.21.